The van der Waals surface area contributed by atoms with Gasteiger partial charge in [0.1, 0.15) is 0 Å². The van der Waals surface area contributed by atoms with E-state index in [-0.39, 0.29) is 12.1 Å². The Kier molecular flexibility index (Phi) is 4.91. The third-order valence-corrected chi connectivity index (χ3v) is 2.60. The van der Waals surface area contributed by atoms with Crippen LogP contribution in [0.2, 0.25) is 0 Å². The zero-order valence-corrected chi connectivity index (χ0v) is 12.7. The lowest BCUT2D eigenvalue weighted by molar-refractivity contribution is 0.222. The minimum absolute atomic E-state index is 0.00771. The molecule has 0 aliphatic carbocycles. The smallest absolute Gasteiger partial charge is 0.323 e. The molecule has 8 heteroatoms. The molecule has 0 amide bonds. The zero-order chi connectivity index (χ0) is 15.2. The summed E-state index contributed by atoms with van der Waals surface area (Å²) in [5.74, 6) is 0.954. The average molecular weight is 291 g/mol. The van der Waals surface area contributed by atoms with Gasteiger partial charge in [0.25, 0.3) is 0 Å². The molecular formula is C13H21N7O. The van der Waals surface area contributed by atoms with Crippen LogP contribution >= 0.6 is 0 Å². The highest BCUT2D eigenvalue weighted by atomic mass is 16.5. The first-order valence-electron chi connectivity index (χ1n) is 6.89. The number of nitrogens with zero attached hydrogens (tertiary/aromatic N) is 5. The fourth-order valence-electron chi connectivity index (χ4n) is 1.77. The fraction of sp³-hybridized carbons (Fsp3) is 0.538. The summed E-state index contributed by atoms with van der Waals surface area (Å²) in [7, 11) is 1.76. The molecule has 2 aromatic heterocycles. The van der Waals surface area contributed by atoms with Crippen LogP contribution in [0.15, 0.2) is 18.7 Å². The van der Waals surface area contributed by atoms with E-state index in [1.165, 1.54) is 0 Å². The molecule has 2 aromatic rings. The van der Waals surface area contributed by atoms with E-state index in [1.807, 2.05) is 31.5 Å². The van der Waals surface area contributed by atoms with Crippen LogP contribution in [0.4, 0.5) is 11.9 Å². The molecule has 0 aliphatic heterocycles. The van der Waals surface area contributed by atoms with Crippen LogP contribution in [-0.2, 0) is 6.54 Å². The van der Waals surface area contributed by atoms with Crippen LogP contribution in [0.25, 0.3) is 0 Å². The Morgan fingerprint density at radius 2 is 1.95 bits per heavy atom. The third-order valence-electron chi connectivity index (χ3n) is 2.60. The van der Waals surface area contributed by atoms with Crippen molar-refractivity contribution in [1.29, 1.82) is 0 Å². The van der Waals surface area contributed by atoms with Gasteiger partial charge in [-0.2, -0.15) is 15.0 Å². The molecule has 0 bridgehead atoms. The summed E-state index contributed by atoms with van der Waals surface area (Å²) in [6.45, 7) is 6.67. The number of hydrogen-bond acceptors (Lipinski definition) is 7. The highest BCUT2D eigenvalue weighted by Crippen LogP contribution is 2.13. The van der Waals surface area contributed by atoms with E-state index >= 15 is 0 Å². The summed E-state index contributed by atoms with van der Waals surface area (Å²) in [6, 6.07) is 0.444. The van der Waals surface area contributed by atoms with Crippen LogP contribution in [0.1, 0.15) is 20.8 Å². The molecule has 0 aliphatic rings. The van der Waals surface area contributed by atoms with Crippen molar-refractivity contribution in [3.63, 3.8) is 0 Å². The third kappa shape index (κ3) is 4.59. The molecular weight excluding hydrogens is 270 g/mol. The maximum atomic E-state index is 5.53. The minimum Gasteiger partial charge on any atom is -0.461 e. The predicted octanol–water partition coefficient (Wildman–Crippen LogP) is 1.40. The monoisotopic (exact) mass is 291 g/mol. The lowest BCUT2D eigenvalue weighted by atomic mass is 10.3. The summed E-state index contributed by atoms with van der Waals surface area (Å²) in [4.78, 5) is 16.7. The quantitative estimate of drug-likeness (QED) is 0.796. The summed E-state index contributed by atoms with van der Waals surface area (Å²) in [5.41, 5.74) is 0. The molecule has 2 heterocycles. The number of rotatable bonds is 7. The molecule has 8 nitrogen and oxygen atoms in total. The van der Waals surface area contributed by atoms with E-state index in [0.29, 0.717) is 17.9 Å². The van der Waals surface area contributed by atoms with E-state index in [4.69, 9.17) is 4.74 Å². The van der Waals surface area contributed by atoms with Crippen molar-refractivity contribution in [2.45, 2.75) is 39.5 Å². The van der Waals surface area contributed by atoms with Crippen molar-refractivity contribution >= 4 is 11.9 Å². The van der Waals surface area contributed by atoms with Gasteiger partial charge in [-0.05, 0) is 20.8 Å². The van der Waals surface area contributed by atoms with Gasteiger partial charge in [-0.1, -0.05) is 0 Å². The number of anilines is 2. The second-order valence-corrected chi connectivity index (χ2v) is 4.99. The van der Waals surface area contributed by atoms with E-state index in [1.54, 1.807) is 19.6 Å². The SMILES string of the molecule is CNc1nc(NC(C)Cn2ccnc2)nc(OC(C)C)n1. The summed E-state index contributed by atoms with van der Waals surface area (Å²) in [6.07, 6.45) is 5.45. The second kappa shape index (κ2) is 6.87. The van der Waals surface area contributed by atoms with Crippen molar-refractivity contribution in [2.75, 3.05) is 17.7 Å². The lowest BCUT2D eigenvalue weighted by Gasteiger charge is -2.16. The van der Waals surface area contributed by atoms with Crippen molar-refractivity contribution in [2.24, 2.45) is 0 Å². The summed E-state index contributed by atoms with van der Waals surface area (Å²) in [5, 5.41) is 6.14. The molecule has 1 unspecified atom stereocenters. The molecule has 0 spiro atoms. The lowest BCUT2D eigenvalue weighted by Crippen LogP contribution is -2.23. The van der Waals surface area contributed by atoms with E-state index < -0.39 is 0 Å². The Morgan fingerprint density at radius 1 is 1.19 bits per heavy atom. The van der Waals surface area contributed by atoms with E-state index in [0.717, 1.165) is 6.54 Å². The number of ether oxygens (including phenoxy) is 1. The van der Waals surface area contributed by atoms with Crippen LogP contribution in [-0.4, -0.2) is 43.7 Å². The standard InChI is InChI=1S/C13H21N7O/c1-9(2)21-13-18-11(14-4)17-12(19-13)16-10(3)7-20-6-5-15-8-20/h5-6,8-10H,7H2,1-4H3,(H2,14,16,17,18,19). The first-order valence-corrected chi connectivity index (χ1v) is 6.89. The molecule has 21 heavy (non-hydrogen) atoms. The van der Waals surface area contributed by atoms with Crippen LogP contribution in [0.5, 0.6) is 6.01 Å². The number of aromatic nitrogens is 5. The van der Waals surface area contributed by atoms with E-state index in [9.17, 15) is 0 Å². The molecule has 1 atom stereocenters. The Hall–Kier alpha value is -2.38. The van der Waals surface area contributed by atoms with Crippen molar-refractivity contribution < 1.29 is 4.74 Å². The first-order chi connectivity index (χ1) is 10.1. The fourth-order valence-corrected chi connectivity index (χ4v) is 1.77. The Morgan fingerprint density at radius 3 is 2.57 bits per heavy atom. The predicted molar refractivity (Wildman–Crippen MR) is 80.4 cm³/mol. The minimum atomic E-state index is 0.00771. The number of nitrogens with one attached hydrogen (secondary N) is 2. The van der Waals surface area contributed by atoms with Crippen molar-refractivity contribution in [3.8, 4) is 6.01 Å². The molecule has 0 radical (unpaired) electrons. The highest BCUT2D eigenvalue weighted by molar-refractivity contribution is 5.35. The van der Waals surface area contributed by atoms with Gasteiger partial charge in [0.05, 0.1) is 12.4 Å². The van der Waals surface area contributed by atoms with Crippen molar-refractivity contribution in [1.82, 2.24) is 24.5 Å². The second-order valence-electron chi connectivity index (χ2n) is 4.99. The Balaban J connectivity index is 2.07. The molecule has 0 aromatic carbocycles. The van der Waals surface area contributed by atoms with Gasteiger partial charge in [0.15, 0.2) is 0 Å². The van der Waals surface area contributed by atoms with Crippen LogP contribution in [0, 0.1) is 0 Å². The number of imidazole rings is 1. The molecule has 0 fully saturated rings. The first kappa shape index (κ1) is 15.0. The maximum Gasteiger partial charge on any atom is 0.323 e. The molecule has 0 saturated carbocycles. The molecule has 2 rings (SSSR count). The van der Waals surface area contributed by atoms with Gasteiger partial charge in [0, 0.05) is 32.0 Å². The normalized spacial score (nSPS) is 12.2. The summed E-state index contributed by atoms with van der Waals surface area (Å²) < 4.78 is 7.52. The van der Waals surface area contributed by atoms with Gasteiger partial charge in [-0.15, -0.1) is 0 Å². The summed E-state index contributed by atoms with van der Waals surface area (Å²) >= 11 is 0. The molecule has 114 valence electrons. The van der Waals surface area contributed by atoms with Gasteiger partial charge in [0.2, 0.25) is 11.9 Å². The Bertz CT molecular complexity index is 556. The van der Waals surface area contributed by atoms with Gasteiger partial charge in [-0.3, -0.25) is 0 Å². The van der Waals surface area contributed by atoms with Crippen LogP contribution < -0.4 is 15.4 Å². The van der Waals surface area contributed by atoms with Gasteiger partial charge >= 0.3 is 6.01 Å². The average Bonchev–Trinajstić information content (AvgIpc) is 2.90. The van der Waals surface area contributed by atoms with Gasteiger partial charge in [-0.25, -0.2) is 4.98 Å². The number of hydrogen-bond donors (Lipinski definition) is 2. The molecule has 0 saturated heterocycles. The maximum absolute atomic E-state index is 5.53. The van der Waals surface area contributed by atoms with E-state index in [2.05, 4.69) is 30.6 Å². The van der Waals surface area contributed by atoms with Crippen LogP contribution in [0.3, 0.4) is 0 Å². The molecule has 2 N–H and O–H groups in total. The highest BCUT2D eigenvalue weighted by Gasteiger charge is 2.11. The Labute approximate surface area is 124 Å². The van der Waals surface area contributed by atoms with Gasteiger partial charge < -0.3 is 19.9 Å². The zero-order valence-electron chi connectivity index (χ0n) is 12.7. The largest absolute Gasteiger partial charge is 0.461 e. The van der Waals surface area contributed by atoms with Crippen molar-refractivity contribution in [3.05, 3.63) is 18.7 Å². The topological polar surface area (TPSA) is 89.8 Å².